The molecule has 2 aliphatic rings. The molecule has 1 aromatic heterocycles. The third kappa shape index (κ3) is 1.99. The molecule has 2 fully saturated rings. The molecule has 2 heterocycles. The van der Waals surface area contributed by atoms with E-state index in [0.29, 0.717) is 0 Å². The molecule has 18 heavy (non-hydrogen) atoms. The smallest absolute Gasteiger partial charge is 0.0634 e. The predicted octanol–water partition coefficient (Wildman–Crippen LogP) is 2.81. The summed E-state index contributed by atoms with van der Waals surface area (Å²) in [6.45, 7) is 2.49. The lowest BCUT2D eigenvalue weighted by atomic mass is 9.83. The number of nitrogens with one attached hydrogen (secondary N) is 1. The second kappa shape index (κ2) is 5.06. The SMILES string of the molecule is NC(c1ccc[nH]1)C1(N2CCCCC2)CCCC1. The Morgan fingerprint density at radius 1 is 1.11 bits per heavy atom. The fourth-order valence-corrected chi connectivity index (χ4v) is 3.98. The highest BCUT2D eigenvalue weighted by molar-refractivity contribution is 5.17. The fraction of sp³-hybridized carbons (Fsp3) is 0.733. The van der Waals surface area contributed by atoms with E-state index in [9.17, 15) is 0 Å². The minimum absolute atomic E-state index is 0.146. The van der Waals surface area contributed by atoms with E-state index in [1.165, 1.54) is 63.7 Å². The number of aromatic nitrogens is 1. The highest BCUT2D eigenvalue weighted by Gasteiger charge is 2.45. The fourth-order valence-electron chi connectivity index (χ4n) is 3.98. The summed E-state index contributed by atoms with van der Waals surface area (Å²) in [5.41, 5.74) is 8.08. The maximum absolute atomic E-state index is 6.64. The Hall–Kier alpha value is -0.800. The number of hydrogen-bond acceptors (Lipinski definition) is 2. The summed E-state index contributed by atoms with van der Waals surface area (Å²) in [5, 5.41) is 0. The lowest BCUT2D eigenvalue weighted by Gasteiger charge is -2.47. The Balaban J connectivity index is 1.86. The predicted molar refractivity (Wildman–Crippen MR) is 74.3 cm³/mol. The van der Waals surface area contributed by atoms with Crippen LogP contribution in [-0.4, -0.2) is 28.5 Å². The summed E-state index contributed by atoms with van der Waals surface area (Å²) in [5.74, 6) is 0. The third-order valence-electron chi connectivity index (χ3n) is 4.99. The molecule has 0 amide bonds. The van der Waals surface area contributed by atoms with E-state index in [1.54, 1.807) is 0 Å². The first-order valence-corrected chi connectivity index (χ1v) is 7.47. The molecule has 1 saturated heterocycles. The average molecular weight is 247 g/mol. The van der Waals surface area contributed by atoms with Crippen LogP contribution in [0.15, 0.2) is 18.3 Å². The lowest BCUT2D eigenvalue weighted by Crippen LogP contribution is -2.55. The topological polar surface area (TPSA) is 45.1 Å². The van der Waals surface area contributed by atoms with Gasteiger partial charge in [0.2, 0.25) is 0 Å². The van der Waals surface area contributed by atoms with Crippen molar-refractivity contribution in [3.63, 3.8) is 0 Å². The van der Waals surface area contributed by atoms with Gasteiger partial charge in [0, 0.05) is 17.4 Å². The number of nitrogens with two attached hydrogens (primary N) is 1. The molecule has 1 aliphatic carbocycles. The Morgan fingerprint density at radius 2 is 1.83 bits per heavy atom. The van der Waals surface area contributed by atoms with Gasteiger partial charge in [0.25, 0.3) is 0 Å². The molecule has 1 saturated carbocycles. The normalized spacial score (nSPS) is 26.3. The van der Waals surface area contributed by atoms with Crippen molar-refractivity contribution in [2.75, 3.05) is 13.1 Å². The Morgan fingerprint density at radius 3 is 2.44 bits per heavy atom. The van der Waals surface area contributed by atoms with Crippen LogP contribution in [0, 0.1) is 0 Å². The van der Waals surface area contributed by atoms with Gasteiger partial charge in [-0.25, -0.2) is 0 Å². The first-order valence-electron chi connectivity index (χ1n) is 7.47. The largest absolute Gasteiger partial charge is 0.364 e. The van der Waals surface area contributed by atoms with Crippen LogP contribution in [0.5, 0.6) is 0 Å². The molecule has 1 aromatic rings. The van der Waals surface area contributed by atoms with Crippen molar-refractivity contribution in [1.29, 1.82) is 0 Å². The van der Waals surface area contributed by atoms with Gasteiger partial charge < -0.3 is 10.7 Å². The molecule has 0 bridgehead atoms. The maximum atomic E-state index is 6.64. The molecule has 3 nitrogen and oxygen atoms in total. The number of nitrogens with zero attached hydrogens (tertiary/aromatic N) is 1. The molecular formula is C15H25N3. The van der Waals surface area contributed by atoms with E-state index in [0.717, 1.165) is 0 Å². The highest BCUT2D eigenvalue weighted by Crippen LogP contribution is 2.44. The van der Waals surface area contributed by atoms with E-state index in [2.05, 4.69) is 22.0 Å². The third-order valence-corrected chi connectivity index (χ3v) is 4.99. The van der Waals surface area contributed by atoms with E-state index >= 15 is 0 Å². The summed E-state index contributed by atoms with van der Waals surface area (Å²) < 4.78 is 0. The maximum Gasteiger partial charge on any atom is 0.0634 e. The zero-order valence-electron chi connectivity index (χ0n) is 11.2. The first-order chi connectivity index (χ1) is 8.83. The van der Waals surface area contributed by atoms with E-state index in [4.69, 9.17) is 5.73 Å². The number of piperidine rings is 1. The van der Waals surface area contributed by atoms with Gasteiger partial charge in [-0.05, 0) is 50.9 Å². The van der Waals surface area contributed by atoms with Crippen LogP contribution >= 0.6 is 0 Å². The second-order valence-corrected chi connectivity index (χ2v) is 5.96. The number of rotatable bonds is 3. The number of hydrogen-bond donors (Lipinski definition) is 2. The molecule has 3 N–H and O–H groups in total. The van der Waals surface area contributed by atoms with Crippen LogP contribution < -0.4 is 5.73 Å². The molecule has 1 unspecified atom stereocenters. The van der Waals surface area contributed by atoms with Crippen LogP contribution in [0.4, 0.5) is 0 Å². The van der Waals surface area contributed by atoms with Crippen LogP contribution in [0.25, 0.3) is 0 Å². The van der Waals surface area contributed by atoms with Crippen molar-refractivity contribution in [2.45, 2.75) is 56.5 Å². The Bertz CT molecular complexity index is 359. The monoisotopic (exact) mass is 247 g/mol. The number of aromatic amines is 1. The Labute approximate surface area is 110 Å². The molecule has 3 heteroatoms. The van der Waals surface area contributed by atoms with Crippen LogP contribution in [-0.2, 0) is 0 Å². The van der Waals surface area contributed by atoms with Crippen LogP contribution in [0.1, 0.15) is 56.7 Å². The molecule has 100 valence electrons. The molecular weight excluding hydrogens is 222 g/mol. The van der Waals surface area contributed by atoms with Crippen LogP contribution in [0.3, 0.4) is 0 Å². The standard InChI is InChI=1S/C15H25N3/c16-14(13-7-6-10-17-13)15(8-2-3-9-15)18-11-4-1-5-12-18/h6-7,10,14,17H,1-5,8-9,11-12,16H2. The lowest BCUT2D eigenvalue weighted by molar-refractivity contribution is 0.0468. The summed E-state index contributed by atoms with van der Waals surface area (Å²) in [6.07, 6.45) is 11.3. The molecule has 0 spiro atoms. The molecule has 0 aromatic carbocycles. The van der Waals surface area contributed by atoms with Gasteiger partial charge in [-0.3, -0.25) is 4.90 Å². The van der Waals surface area contributed by atoms with Gasteiger partial charge in [0.1, 0.15) is 0 Å². The van der Waals surface area contributed by atoms with E-state index in [-0.39, 0.29) is 11.6 Å². The van der Waals surface area contributed by atoms with Gasteiger partial charge in [0.15, 0.2) is 0 Å². The molecule has 1 aliphatic heterocycles. The van der Waals surface area contributed by atoms with Gasteiger partial charge in [-0.15, -0.1) is 0 Å². The van der Waals surface area contributed by atoms with Gasteiger partial charge in [-0.1, -0.05) is 19.3 Å². The first kappa shape index (κ1) is 12.2. The van der Waals surface area contributed by atoms with Crippen molar-refractivity contribution < 1.29 is 0 Å². The summed E-state index contributed by atoms with van der Waals surface area (Å²) in [7, 11) is 0. The quantitative estimate of drug-likeness (QED) is 0.862. The van der Waals surface area contributed by atoms with Gasteiger partial charge in [0.05, 0.1) is 6.04 Å². The summed E-state index contributed by atoms with van der Waals surface area (Å²) in [6, 6.07) is 4.36. The van der Waals surface area contributed by atoms with Gasteiger partial charge in [-0.2, -0.15) is 0 Å². The number of likely N-dealkylation sites (tertiary alicyclic amines) is 1. The molecule has 0 radical (unpaired) electrons. The molecule has 3 rings (SSSR count). The van der Waals surface area contributed by atoms with E-state index < -0.39 is 0 Å². The van der Waals surface area contributed by atoms with Crippen molar-refractivity contribution >= 4 is 0 Å². The van der Waals surface area contributed by atoms with Crippen molar-refractivity contribution in [1.82, 2.24) is 9.88 Å². The van der Waals surface area contributed by atoms with Crippen molar-refractivity contribution in [3.8, 4) is 0 Å². The number of H-pyrrole nitrogens is 1. The summed E-state index contributed by atoms with van der Waals surface area (Å²) in [4.78, 5) is 6.03. The zero-order valence-corrected chi connectivity index (χ0v) is 11.2. The van der Waals surface area contributed by atoms with Crippen molar-refractivity contribution in [3.05, 3.63) is 24.0 Å². The Kier molecular flexibility index (Phi) is 3.44. The second-order valence-electron chi connectivity index (χ2n) is 5.96. The molecule has 1 atom stereocenters. The van der Waals surface area contributed by atoms with Gasteiger partial charge >= 0.3 is 0 Å². The minimum Gasteiger partial charge on any atom is -0.364 e. The van der Waals surface area contributed by atoms with Crippen molar-refractivity contribution in [2.24, 2.45) is 5.73 Å². The highest BCUT2D eigenvalue weighted by atomic mass is 15.2. The summed E-state index contributed by atoms with van der Waals surface area (Å²) >= 11 is 0. The minimum atomic E-state index is 0.146. The average Bonchev–Trinajstić information content (AvgIpc) is 3.11. The van der Waals surface area contributed by atoms with E-state index in [1.807, 2.05) is 6.20 Å². The zero-order chi connectivity index (χ0) is 12.4. The van der Waals surface area contributed by atoms with Crippen LogP contribution in [0.2, 0.25) is 0 Å².